The molecule has 0 spiro atoms. The van der Waals surface area contributed by atoms with Crippen LogP contribution in [-0.4, -0.2) is 12.5 Å². The summed E-state index contributed by atoms with van der Waals surface area (Å²) in [7, 11) is 0. The fourth-order valence-corrected chi connectivity index (χ4v) is 2.64. The van der Waals surface area contributed by atoms with Crippen LogP contribution in [-0.2, 0) is 11.3 Å². The van der Waals surface area contributed by atoms with E-state index in [2.05, 4.69) is 26.6 Å². The van der Waals surface area contributed by atoms with E-state index in [9.17, 15) is 4.79 Å². The van der Waals surface area contributed by atoms with Gasteiger partial charge in [-0.15, -0.1) is 0 Å². The van der Waals surface area contributed by atoms with Crippen molar-refractivity contribution in [1.29, 1.82) is 0 Å². The molecule has 2 aromatic carbocycles. The minimum Gasteiger partial charge on any atom is -0.375 e. The third kappa shape index (κ3) is 4.60. The largest absolute Gasteiger partial charge is 0.375 e. The van der Waals surface area contributed by atoms with Gasteiger partial charge in [0.1, 0.15) is 0 Å². The zero-order valence-electron chi connectivity index (χ0n) is 12.2. The lowest BCUT2D eigenvalue weighted by Crippen LogP contribution is -2.29. The van der Waals surface area contributed by atoms with Crippen LogP contribution < -0.4 is 10.6 Å². The summed E-state index contributed by atoms with van der Waals surface area (Å²) >= 11 is 3.49. The number of benzene rings is 2. The molecule has 0 aromatic heterocycles. The molecular formula is C17H19BrN2O. The summed E-state index contributed by atoms with van der Waals surface area (Å²) in [6.07, 6.45) is 0. The molecule has 0 atom stereocenters. The molecule has 0 saturated carbocycles. The van der Waals surface area contributed by atoms with E-state index in [0.717, 1.165) is 15.7 Å². The van der Waals surface area contributed by atoms with Crippen LogP contribution in [0.4, 0.5) is 5.69 Å². The second-order valence-electron chi connectivity index (χ2n) is 5.04. The standard InChI is InChI=1S/C17H19BrN2O/c1-12-7-8-16(15(18)9-12)19-11-17(21)20-10-14-6-4-3-5-13(14)2/h3-9,19H,10-11H2,1-2H3,(H,20,21). The molecule has 1 amide bonds. The van der Waals surface area contributed by atoms with Gasteiger partial charge in [0.05, 0.1) is 6.54 Å². The van der Waals surface area contributed by atoms with Crippen LogP contribution in [0.15, 0.2) is 46.9 Å². The molecule has 21 heavy (non-hydrogen) atoms. The van der Waals surface area contributed by atoms with Crippen LogP contribution in [0.1, 0.15) is 16.7 Å². The van der Waals surface area contributed by atoms with Crippen molar-refractivity contribution < 1.29 is 4.79 Å². The molecule has 3 nitrogen and oxygen atoms in total. The predicted molar refractivity (Wildman–Crippen MR) is 90.4 cm³/mol. The van der Waals surface area contributed by atoms with Crippen LogP contribution in [0.3, 0.4) is 0 Å². The quantitative estimate of drug-likeness (QED) is 0.864. The number of carbonyl (C=O) groups is 1. The average Bonchev–Trinajstić information content (AvgIpc) is 2.45. The van der Waals surface area contributed by atoms with Gasteiger partial charge < -0.3 is 10.6 Å². The Kier molecular flexibility index (Phi) is 5.39. The van der Waals surface area contributed by atoms with Gasteiger partial charge in [-0.05, 0) is 58.6 Å². The van der Waals surface area contributed by atoms with Gasteiger partial charge in [0, 0.05) is 16.7 Å². The van der Waals surface area contributed by atoms with Gasteiger partial charge in [0.2, 0.25) is 5.91 Å². The lowest BCUT2D eigenvalue weighted by atomic mass is 10.1. The van der Waals surface area contributed by atoms with Crippen molar-refractivity contribution in [2.75, 3.05) is 11.9 Å². The molecule has 2 rings (SSSR count). The molecule has 110 valence electrons. The molecule has 0 radical (unpaired) electrons. The fourth-order valence-electron chi connectivity index (χ4n) is 2.00. The minimum atomic E-state index is -0.0225. The molecule has 0 fully saturated rings. The van der Waals surface area contributed by atoms with E-state index in [1.807, 2.05) is 56.3 Å². The third-order valence-electron chi connectivity index (χ3n) is 3.30. The van der Waals surface area contributed by atoms with Crippen LogP contribution in [0, 0.1) is 13.8 Å². The normalized spacial score (nSPS) is 10.2. The van der Waals surface area contributed by atoms with Gasteiger partial charge in [0.15, 0.2) is 0 Å². The Bertz CT molecular complexity index is 640. The van der Waals surface area contributed by atoms with E-state index in [1.165, 1.54) is 11.1 Å². The summed E-state index contributed by atoms with van der Waals surface area (Å²) in [6, 6.07) is 14.1. The van der Waals surface area contributed by atoms with Crippen molar-refractivity contribution in [3.05, 3.63) is 63.6 Å². The van der Waals surface area contributed by atoms with Gasteiger partial charge in [-0.1, -0.05) is 30.3 Å². The molecule has 0 heterocycles. The first-order valence-electron chi connectivity index (χ1n) is 6.87. The maximum atomic E-state index is 11.9. The van der Waals surface area contributed by atoms with Gasteiger partial charge in [-0.3, -0.25) is 4.79 Å². The predicted octanol–water partition coefficient (Wildman–Crippen LogP) is 3.79. The number of anilines is 1. The molecule has 2 N–H and O–H groups in total. The van der Waals surface area contributed by atoms with Crippen molar-refractivity contribution in [3.8, 4) is 0 Å². The molecule has 0 aliphatic heterocycles. The zero-order valence-corrected chi connectivity index (χ0v) is 13.8. The second-order valence-corrected chi connectivity index (χ2v) is 5.89. The highest BCUT2D eigenvalue weighted by Crippen LogP contribution is 2.22. The van der Waals surface area contributed by atoms with Crippen molar-refractivity contribution in [2.24, 2.45) is 0 Å². The summed E-state index contributed by atoms with van der Waals surface area (Å²) in [4.78, 5) is 11.9. The minimum absolute atomic E-state index is 0.0225. The first-order chi connectivity index (χ1) is 10.1. The van der Waals surface area contributed by atoms with E-state index in [0.29, 0.717) is 6.54 Å². The Morgan fingerprint density at radius 2 is 1.90 bits per heavy atom. The summed E-state index contributed by atoms with van der Waals surface area (Å²) in [5.74, 6) is -0.0225. The van der Waals surface area contributed by atoms with Crippen LogP contribution in [0.25, 0.3) is 0 Å². The Hall–Kier alpha value is -1.81. The molecule has 0 saturated heterocycles. The number of amides is 1. The monoisotopic (exact) mass is 346 g/mol. The SMILES string of the molecule is Cc1ccc(NCC(=O)NCc2ccccc2C)c(Br)c1. The first-order valence-corrected chi connectivity index (χ1v) is 7.67. The zero-order chi connectivity index (χ0) is 15.2. The summed E-state index contributed by atoms with van der Waals surface area (Å²) in [5.41, 5.74) is 4.43. The lowest BCUT2D eigenvalue weighted by molar-refractivity contribution is -0.119. The number of halogens is 1. The fraction of sp³-hybridized carbons (Fsp3) is 0.235. The van der Waals surface area contributed by atoms with Crippen molar-refractivity contribution >= 4 is 27.5 Å². The van der Waals surface area contributed by atoms with E-state index in [4.69, 9.17) is 0 Å². The van der Waals surface area contributed by atoms with Gasteiger partial charge in [-0.25, -0.2) is 0 Å². The molecule has 0 bridgehead atoms. The molecular weight excluding hydrogens is 328 g/mol. The maximum Gasteiger partial charge on any atom is 0.239 e. The number of carbonyl (C=O) groups excluding carboxylic acids is 1. The van der Waals surface area contributed by atoms with Crippen molar-refractivity contribution in [2.45, 2.75) is 20.4 Å². The summed E-state index contributed by atoms with van der Waals surface area (Å²) < 4.78 is 0.967. The molecule has 0 aliphatic carbocycles. The highest BCUT2D eigenvalue weighted by atomic mass is 79.9. The lowest BCUT2D eigenvalue weighted by Gasteiger charge is -2.11. The summed E-state index contributed by atoms with van der Waals surface area (Å²) in [5, 5.41) is 6.06. The first kappa shape index (κ1) is 15.6. The Balaban J connectivity index is 1.84. The van der Waals surface area contributed by atoms with Crippen LogP contribution in [0.5, 0.6) is 0 Å². The molecule has 4 heteroatoms. The van der Waals surface area contributed by atoms with Crippen LogP contribution >= 0.6 is 15.9 Å². The van der Waals surface area contributed by atoms with Crippen LogP contribution in [0.2, 0.25) is 0 Å². The highest BCUT2D eigenvalue weighted by Gasteiger charge is 2.04. The Morgan fingerprint density at radius 1 is 1.14 bits per heavy atom. The number of hydrogen-bond acceptors (Lipinski definition) is 2. The molecule has 0 unspecified atom stereocenters. The van der Waals surface area contributed by atoms with Gasteiger partial charge >= 0.3 is 0 Å². The summed E-state index contributed by atoms with van der Waals surface area (Å²) in [6.45, 7) is 4.89. The van der Waals surface area contributed by atoms with E-state index >= 15 is 0 Å². The number of rotatable bonds is 5. The Labute approximate surface area is 133 Å². The maximum absolute atomic E-state index is 11.9. The third-order valence-corrected chi connectivity index (χ3v) is 3.96. The van der Waals surface area contributed by atoms with E-state index in [-0.39, 0.29) is 12.5 Å². The van der Waals surface area contributed by atoms with E-state index in [1.54, 1.807) is 0 Å². The smallest absolute Gasteiger partial charge is 0.239 e. The van der Waals surface area contributed by atoms with E-state index < -0.39 is 0 Å². The molecule has 0 aliphatic rings. The number of nitrogens with one attached hydrogen (secondary N) is 2. The van der Waals surface area contributed by atoms with Crippen molar-refractivity contribution in [1.82, 2.24) is 5.32 Å². The number of aryl methyl sites for hydroxylation is 2. The van der Waals surface area contributed by atoms with Crippen molar-refractivity contribution in [3.63, 3.8) is 0 Å². The molecule has 2 aromatic rings. The van der Waals surface area contributed by atoms with Gasteiger partial charge in [0.25, 0.3) is 0 Å². The number of hydrogen-bond donors (Lipinski definition) is 2. The second kappa shape index (κ2) is 7.27. The van der Waals surface area contributed by atoms with Gasteiger partial charge in [-0.2, -0.15) is 0 Å². The topological polar surface area (TPSA) is 41.1 Å². The average molecular weight is 347 g/mol. The Morgan fingerprint density at radius 3 is 2.62 bits per heavy atom. The highest BCUT2D eigenvalue weighted by molar-refractivity contribution is 9.10.